The van der Waals surface area contributed by atoms with E-state index in [0.29, 0.717) is 10.4 Å². The van der Waals surface area contributed by atoms with Crippen molar-refractivity contribution in [2.45, 2.75) is 19.0 Å². The molecule has 0 aliphatic rings. The van der Waals surface area contributed by atoms with Crippen LogP contribution < -0.4 is 9.62 Å². The van der Waals surface area contributed by atoms with Crippen LogP contribution in [0.4, 0.5) is 18.9 Å². The molecule has 0 aromatic heterocycles. The highest BCUT2D eigenvalue weighted by Gasteiger charge is 2.34. The van der Waals surface area contributed by atoms with Crippen molar-refractivity contribution < 1.29 is 26.4 Å². The number of amides is 1. The number of hydrogen-bond acceptors (Lipinski definition) is 3. The fourth-order valence-corrected chi connectivity index (χ4v) is 3.71. The minimum absolute atomic E-state index is 0.0285. The van der Waals surface area contributed by atoms with Crippen molar-refractivity contribution in [1.29, 1.82) is 0 Å². The van der Waals surface area contributed by atoms with E-state index in [4.69, 9.17) is 11.6 Å². The minimum Gasteiger partial charge on any atom is -0.354 e. The maximum Gasteiger partial charge on any atom is 0.417 e. The average molecular weight is 449 g/mol. The Labute approximate surface area is 172 Å². The first kappa shape index (κ1) is 23.0. The van der Waals surface area contributed by atoms with Gasteiger partial charge in [-0.25, -0.2) is 8.42 Å². The number of sulfonamides is 1. The van der Waals surface area contributed by atoms with E-state index in [-0.39, 0.29) is 18.2 Å². The molecule has 2 aromatic carbocycles. The van der Waals surface area contributed by atoms with E-state index in [1.165, 1.54) is 0 Å². The lowest BCUT2D eigenvalue weighted by molar-refractivity contribution is -0.137. The first-order chi connectivity index (χ1) is 13.4. The predicted octanol–water partition coefficient (Wildman–Crippen LogP) is 4.04. The van der Waals surface area contributed by atoms with Crippen molar-refractivity contribution in [3.05, 3.63) is 64.7 Å². The van der Waals surface area contributed by atoms with Crippen molar-refractivity contribution in [2.75, 3.05) is 23.7 Å². The first-order valence-corrected chi connectivity index (χ1v) is 10.8. The SMILES string of the molecule is C[C@@H](CNC(=O)CN(c1ccc(Cl)c(C(F)(F)F)c1)S(C)(=O)=O)c1ccccc1. The number of nitrogens with zero attached hydrogens (tertiary/aromatic N) is 1. The Hall–Kier alpha value is -2.26. The predicted molar refractivity (Wildman–Crippen MR) is 107 cm³/mol. The summed E-state index contributed by atoms with van der Waals surface area (Å²) in [6.07, 6.45) is -3.95. The van der Waals surface area contributed by atoms with Gasteiger partial charge in [0.2, 0.25) is 15.9 Å². The van der Waals surface area contributed by atoms with Crippen molar-refractivity contribution >= 4 is 33.2 Å². The molecule has 0 unspecified atom stereocenters. The molecule has 0 bridgehead atoms. The summed E-state index contributed by atoms with van der Waals surface area (Å²) in [5.41, 5.74) is -0.487. The van der Waals surface area contributed by atoms with Gasteiger partial charge in [-0.2, -0.15) is 13.2 Å². The monoisotopic (exact) mass is 448 g/mol. The van der Waals surface area contributed by atoms with Crippen molar-refractivity contribution in [2.24, 2.45) is 0 Å². The van der Waals surface area contributed by atoms with E-state index >= 15 is 0 Å². The maximum absolute atomic E-state index is 13.1. The van der Waals surface area contributed by atoms with Gasteiger partial charge in [-0.15, -0.1) is 0 Å². The molecule has 10 heteroatoms. The highest BCUT2D eigenvalue weighted by molar-refractivity contribution is 7.92. The van der Waals surface area contributed by atoms with Gasteiger partial charge in [0.05, 0.1) is 22.5 Å². The molecule has 5 nitrogen and oxygen atoms in total. The quantitative estimate of drug-likeness (QED) is 0.695. The number of alkyl halides is 3. The van der Waals surface area contributed by atoms with Crippen LogP contribution in [0.5, 0.6) is 0 Å². The van der Waals surface area contributed by atoms with Crippen molar-refractivity contribution in [3.63, 3.8) is 0 Å². The van der Waals surface area contributed by atoms with Gasteiger partial charge in [0.25, 0.3) is 0 Å². The highest BCUT2D eigenvalue weighted by Crippen LogP contribution is 2.37. The topological polar surface area (TPSA) is 66.5 Å². The van der Waals surface area contributed by atoms with Crippen LogP contribution in [0.2, 0.25) is 5.02 Å². The fourth-order valence-electron chi connectivity index (χ4n) is 2.64. The summed E-state index contributed by atoms with van der Waals surface area (Å²) < 4.78 is 64.1. The number of carbonyl (C=O) groups excluding carboxylic acids is 1. The van der Waals surface area contributed by atoms with E-state index in [1.807, 2.05) is 37.3 Å². The summed E-state index contributed by atoms with van der Waals surface area (Å²) in [5, 5.41) is 2.06. The average Bonchev–Trinajstić information content (AvgIpc) is 2.63. The molecule has 158 valence electrons. The Morgan fingerprint density at radius 3 is 2.34 bits per heavy atom. The van der Waals surface area contributed by atoms with Crippen LogP contribution in [0.15, 0.2) is 48.5 Å². The Kier molecular flexibility index (Phi) is 7.18. The van der Waals surface area contributed by atoms with Gasteiger partial charge in [-0.3, -0.25) is 9.10 Å². The Morgan fingerprint density at radius 2 is 1.79 bits per heavy atom. The molecule has 2 rings (SSSR count). The third-order valence-electron chi connectivity index (χ3n) is 4.20. The Morgan fingerprint density at radius 1 is 1.17 bits per heavy atom. The molecule has 0 aliphatic heterocycles. The summed E-state index contributed by atoms with van der Waals surface area (Å²) in [6, 6.07) is 12.1. The minimum atomic E-state index is -4.76. The number of carbonyl (C=O) groups is 1. The van der Waals surface area contributed by atoms with Gasteiger partial charge in [0, 0.05) is 6.54 Å². The standard InChI is InChI=1S/C19H20ClF3N2O3S/c1-13(14-6-4-3-5-7-14)11-24-18(26)12-25(29(2,27)28)15-8-9-17(20)16(10-15)19(21,22)23/h3-10,13H,11-12H2,1-2H3,(H,24,26)/t13-/m0/s1. The smallest absolute Gasteiger partial charge is 0.354 e. The van der Waals surface area contributed by atoms with Gasteiger partial charge in [-0.1, -0.05) is 48.9 Å². The number of hydrogen-bond donors (Lipinski definition) is 1. The molecule has 2 aromatic rings. The van der Waals surface area contributed by atoms with E-state index in [1.54, 1.807) is 0 Å². The van der Waals surface area contributed by atoms with E-state index in [9.17, 15) is 26.4 Å². The molecule has 0 spiro atoms. The van der Waals surface area contributed by atoms with E-state index < -0.39 is 39.2 Å². The molecule has 0 saturated heterocycles. The molecule has 1 N–H and O–H groups in total. The zero-order valence-electron chi connectivity index (χ0n) is 15.7. The number of anilines is 1. The Bertz CT molecular complexity index is 966. The van der Waals surface area contributed by atoms with Crippen LogP contribution in [-0.2, 0) is 21.0 Å². The van der Waals surface area contributed by atoms with Crippen LogP contribution in [-0.4, -0.2) is 33.7 Å². The van der Waals surface area contributed by atoms with E-state index in [0.717, 1.165) is 24.0 Å². The summed E-state index contributed by atoms with van der Waals surface area (Å²) in [5.74, 6) is -0.666. The van der Waals surface area contributed by atoms with Gasteiger partial charge in [0.15, 0.2) is 0 Å². The molecule has 0 heterocycles. The first-order valence-electron chi connectivity index (χ1n) is 8.55. The van der Waals surface area contributed by atoms with Gasteiger partial charge in [-0.05, 0) is 29.7 Å². The van der Waals surface area contributed by atoms with Gasteiger partial charge in [0.1, 0.15) is 6.54 Å². The zero-order chi connectivity index (χ0) is 21.8. The van der Waals surface area contributed by atoms with Crippen LogP contribution in [0, 0.1) is 0 Å². The second-order valence-electron chi connectivity index (χ2n) is 6.55. The van der Waals surface area contributed by atoms with E-state index in [2.05, 4.69) is 5.32 Å². The highest BCUT2D eigenvalue weighted by atomic mass is 35.5. The molecule has 29 heavy (non-hydrogen) atoms. The zero-order valence-corrected chi connectivity index (χ0v) is 17.3. The molecule has 0 radical (unpaired) electrons. The lowest BCUT2D eigenvalue weighted by Crippen LogP contribution is -2.41. The summed E-state index contributed by atoms with van der Waals surface area (Å²) in [6.45, 7) is 1.48. The Balaban J connectivity index is 2.17. The summed E-state index contributed by atoms with van der Waals surface area (Å²) in [4.78, 5) is 12.3. The second-order valence-corrected chi connectivity index (χ2v) is 8.86. The van der Waals surface area contributed by atoms with Crippen LogP contribution in [0.25, 0.3) is 0 Å². The molecule has 0 saturated carbocycles. The number of rotatable bonds is 7. The molecule has 0 fully saturated rings. The van der Waals surface area contributed by atoms with Gasteiger partial charge < -0.3 is 5.32 Å². The molecule has 1 atom stereocenters. The van der Waals surface area contributed by atoms with Crippen molar-refractivity contribution in [3.8, 4) is 0 Å². The lowest BCUT2D eigenvalue weighted by Gasteiger charge is -2.23. The third-order valence-corrected chi connectivity index (χ3v) is 5.68. The van der Waals surface area contributed by atoms with Crippen LogP contribution >= 0.6 is 11.6 Å². The largest absolute Gasteiger partial charge is 0.417 e. The van der Waals surface area contributed by atoms with Crippen molar-refractivity contribution in [1.82, 2.24) is 5.32 Å². The fraction of sp³-hybridized carbons (Fsp3) is 0.316. The summed E-state index contributed by atoms with van der Waals surface area (Å²) in [7, 11) is -4.02. The van der Waals surface area contributed by atoms with Gasteiger partial charge >= 0.3 is 6.18 Å². The lowest BCUT2D eigenvalue weighted by atomic mass is 10.0. The third kappa shape index (κ3) is 6.37. The normalized spacial score (nSPS) is 13.0. The van der Waals surface area contributed by atoms with Crippen LogP contribution in [0.3, 0.4) is 0 Å². The second kappa shape index (κ2) is 9.04. The van der Waals surface area contributed by atoms with Crippen LogP contribution in [0.1, 0.15) is 24.0 Å². The number of nitrogens with one attached hydrogen (secondary N) is 1. The molecule has 1 amide bonds. The molecular weight excluding hydrogens is 429 g/mol. The number of halogens is 4. The molecule has 0 aliphatic carbocycles. The number of benzene rings is 2. The maximum atomic E-state index is 13.1. The molecular formula is C19H20ClF3N2O3S. The summed E-state index contributed by atoms with van der Waals surface area (Å²) >= 11 is 5.58.